The SMILES string of the molecule is CC(=NOCc1ccc(C(F)(F)F)cc1)c1ccc(OCC(=O)c2c[nH]c3ccccc23)cc1. The zero-order valence-corrected chi connectivity index (χ0v) is 18.2. The lowest BCUT2D eigenvalue weighted by Gasteiger charge is -2.08. The maximum Gasteiger partial charge on any atom is 0.416 e. The third kappa shape index (κ3) is 5.46. The number of nitrogens with zero attached hydrogens (tertiary/aromatic N) is 1. The minimum atomic E-state index is -4.37. The van der Waals surface area contributed by atoms with Crippen molar-refractivity contribution < 1.29 is 27.5 Å². The number of aromatic amines is 1. The van der Waals surface area contributed by atoms with Crippen LogP contribution in [0.1, 0.15) is 34.0 Å². The molecule has 4 aromatic rings. The standard InChI is InChI=1S/C26H21F3N2O3/c1-17(31-34-15-18-6-10-20(11-7-18)26(27,28)29)19-8-12-21(13-9-19)33-16-25(32)23-14-30-24-5-3-2-4-22(23)24/h2-14,30H,15-16H2,1H3. The molecule has 0 spiro atoms. The molecule has 34 heavy (non-hydrogen) atoms. The van der Waals surface area contributed by atoms with E-state index in [1.54, 1.807) is 37.4 Å². The van der Waals surface area contributed by atoms with Gasteiger partial charge in [0.05, 0.1) is 11.3 Å². The first kappa shape index (κ1) is 23.1. The maximum atomic E-state index is 12.6. The second-order valence-electron chi connectivity index (χ2n) is 7.63. The smallest absolute Gasteiger partial charge is 0.416 e. The van der Waals surface area contributed by atoms with Crippen LogP contribution in [0, 0.1) is 0 Å². The Morgan fingerprint density at radius 3 is 2.38 bits per heavy atom. The van der Waals surface area contributed by atoms with Crippen LogP contribution in [0.3, 0.4) is 0 Å². The van der Waals surface area contributed by atoms with Crippen molar-refractivity contribution in [2.45, 2.75) is 19.7 Å². The molecule has 4 rings (SSSR count). The van der Waals surface area contributed by atoms with E-state index in [9.17, 15) is 18.0 Å². The Balaban J connectivity index is 1.30. The first-order chi connectivity index (χ1) is 16.3. The lowest BCUT2D eigenvalue weighted by atomic mass is 10.1. The van der Waals surface area contributed by atoms with E-state index in [2.05, 4.69) is 10.1 Å². The van der Waals surface area contributed by atoms with E-state index in [0.717, 1.165) is 28.6 Å². The van der Waals surface area contributed by atoms with E-state index in [1.165, 1.54) is 12.1 Å². The van der Waals surface area contributed by atoms with Gasteiger partial charge in [-0.25, -0.2) is 0 Å². The molecule has 0 fully saturated rings. The molecule has 0 aliphatic heterocycles. The molecule has 3 aromatic carbocycles. The van der Waals surface area contributed by atoms with Gasteiger partial charge in [-0.05, 0) is 60.5 Å². The number of oxime groups is 1. The van der Waals surface area contributed by atoms with Crippen LogP contribution in [0.15, 0.2) is 84.1 Å². The van der Waals surface area contributed by atoms with E-state index < -0.39 is 11.7 Å². The molecule has 0 bridgehead atoms. The Morgan fingerprint density at radius 2 is 1.68 bits per heavy atom. The highest BCUT2D eigenvalue weighted by Gasteiger charge is 2.29. The van der Waals surface area contributed by atoms with E-state index in [4.69, 9.17) is 9.57 Å². The second kappa shape index (κ2) is 9.82. The number of halogens is 3. The highest BCUT2D eigenvalue weighted by molar-refractivity contribution is 6.08. The average Bonchev–Trinajstić information content (AvgIpc) is 3.27. The lowest BCUT2D eigenvalue weighted by Crippen LogP contribution is -2.11. The van der Waals surface area contributed by atoms with Crippen molar-refractivity contribution in [3.05, 3.63) is 101 Å². The number of aromatic nitrogens is 1. The molecule has 0 radical (unpaired) electrons. The number of H-pyrrole nitrogens is 1. The number of alkyl halides is 3. The Labute approximate surface area is 193 Å². The molecule has 0 atom stereocenters. The number of para-hydroxylation sites is 1. The van der Waals surface area contributed by atoms with Crippen LogP contribution >= 0.6 is 0 Å². The quantitative estimate of drug-likeness (QED) is 0.186. The number of ketones is 1. The van der Waals surface area contributed by atoms with Gasteiger partial charge in [0.25, 0.3) is 0 Å². The first-order valence-corrected chi connectivity index (χ1v) is 10.5. The van der Waals surface area contributed by atoms with Gasteiger partial charge in [-0.2, -0.15) is 13.2 Å². The third-order valence-electron chi connectivity index (χ3n) is 5.25. The topological polar surface area (TPSA) is 63.7 Å². The summed E-state index contributed by atoms with van der Waals surface area (Å²) in [5, 5.41) is 4.88. The molecule has 0 amide bonds. The summed E-state index contributed by atoms with van der Waals surface area (Å²) in [5.41, 5.74) is 2.72. The molecule has 0 aliphatic rings. The van der Waals surface area contributed by atoms with Crippen molar-refractivity contribution in [1.29, 1.82) is 0 Å². The van der Waals surface area contributed by atoms with Gasteiger partial charge in [0.1, 0.15) is 12.4 Å². The molecule has 174 valence electrons. The molecule has 0 saturated carbocycles. The fraction of sp³-hybridized carbons (Fsp3) is 0.154. The van der Waals surface area contributed by atoms with Crippen LogP contribution in [0.25, 0.3) is 10.9 Å². The summed E-state index contributed by atoms with van der Waals surface area (Å²) in [6.45, 7) is 1.71. The predicted octanol–water partition coefficient (Wildman–Crippen LogP) is 6.39. The summed E-state index contributed by atoms with van der Waals surface area (Å²) in [6, 6.07) is 19.3. The van der Waals surface area contributed by atoms with Crippen LogP contribution in [0.5, 0.6) is 5.75 Å². The largest absolute Gasteiger partial charge is 0.485 e. The van der Waals surface area contributed by atoms with Crippen LogP contribution in [-0.4, -0.2) is 23.1 Å². The van der Waals surface area contributed by atoms with E-state index >= 15 is 0 Å². The minimum absolute atomic E-state index is 0.0482. The number of Topliss-reactive ketones (excluding diaryl/α,β-unsaturated/α-hetero) is 1. The molecule has 0 aliphatic carbocycles. The third-order valence-corrected chi connectivity index (χ3v) is 5.25. The first-order valence-electron chi connectivity index (χ1n) is 10.5. The number of ether oxygens (including phenoxy) is 1. The summed E-state index contributed by atoms with van der Waals surface area (Å²) in [6.07, 6.45) is -2.68. The van der Waals surface area contributed by atoms with Gasteiger partial charge < -0.3 is 14.6 Å². The normalized spacial score (nSPS) is 12.1. The summed E-state index contributed by atoms with van der Waals surface area (Å²) >= 11 is 0. The highest BCUT2D eigenvalue weighted by atomic mass is 19.4. The van der Waals surface area contributed by atoms with Crippen molar-refractivity contribution in [2.75, 3.05) is 6.61 Å². The summed E-state index contributed by atoms with van der Waals surface area (Å²) in [5.74, 6) is 0.409. The second-order valence-corrected chi connectivity index (χ2v) is 7.63. The Hall–Kier alpha value is -4.07. The van der Waals surface area contributed by atoms with Crippen molar-refractivity contribution >= 4 is 22.4 Å². The number of hydrogen-bond donors (Lipinski definition) is 1. The lowest BCUT2D eigenvalue weighted by molar-refractivity contribution is -0.137. The Kier molecular flexibility index (Phi) is 6.67. The van der Waals surface area contributed by atoms with Gasteiger partial charge in [-0.1, -0.05) is 35.5 Å². The zero-order chi connectivity index (χ0) is 24.1. The van der Waals surface area contributed by atoms with Crippen LogP contribution in [-0.2, 0) is 17.6 Å². The van der Waals surface area contributed by atoms with Crippen LogP contribution in [0.2, 0.25) is 0 Å². The summed E-state index contributed by atoms with van der Waals surface area (Å²) < 4.78 is 43.5. The molecule has 1 N–H and O–H groups in total. The van der Waals surface area contributed by atoms with Crippen molar-refractivity contribution in [1.82, 2.24) is 4.98 Å². The van der Waals surface area contributed by atoms with Crippen molar-refractivity contribution in [3.8, 4) is 5.75 Å². The van der Waals surface area contributed by atoms with Gasteiger partial charge in [-0.15, -0.1) is 0 Å². The van der Waals surface area contributed by atoms with Gasteiger partial charge in [0, 0.05) is 22.7 Å². The summed E-state index contributed by atoms with van der Waals surface area (Å²) in [4.78, 5) is 20.9. The number of hydrogen-bond acceptors (Lipinski definition) is 4. The summed E-state index contributed by atoms with van der Waals surface area (Å²) in [7, 11) is 0. The number of nitrogens with one attached hydrogen (secondary N) is 1. The monoisotopic (exact) mass is 466 g/mol. The van der Waals surface area contributed by atoms with Crippen LogP contribution in [0.4, 0.5) is 13.2 Å². The van der Waals surface area contributed by atoms with E-state index in [-0.39, 0.29) is 19.0 Å². The minimum Gasteiger partial charge on any atom is -0.485 e. The fourth-order valence-corrected chi connectivity index (χ4v) is 3.37. The van der Waals surface area contributed by atoms with Gasteiger partial charge in [-0.3, -0.25) is 4.79 Å². The molecule has 8 heteroatoms. The van der Waals surface area contributed by atoms with Crippen molar-refractivity contribution in [3.63, 3.8) is 0 Å². The number of carbonyl (C=O) groups is 1. The van der Waals surface area contributed by atoms with Gasteiger partial charge in [0.15, 0.2) is 6.61 Å². The zero-order valence-electron chi connectivity index (χ0n) is 18.2. The van der Waals surface area contributed by atoms with Crippen molar-refractivity contribution in [2.24, 2.45) is 5.16 Å². The Morgan fingerprint density at radius 1 is 0.971 bits per heavy atom. The number of rotatable bonds is 8. The van der Waals surface area contributed by atoms with Gasteiger partial charge in [0.2, 0.25) is 5.78 Å². The maximum absolute atomic E-state index is 12.6. The van der Waals surface area contributed by atoms with E-state index in [0.29, 0.717) is 22.6 Å². The fourth-order valence-electron chi connectivity index (χ4n) is 3.37. The Bertz CT molecular complexity index is 1310. The van der Waals surface area contributed by atoms with Gasteiger partial charge >= 0.3 is 6.18 Å². The van der Waals surface area contributed by atoms with Crippen LogP contribution < -0.4 is 4.74 Å². The molecule has 0 unspecified atom stereocenters. The molecule has 1 aromatic heterocycles. The molecule has 1 heterocycles. The number of fused-ring (bicyclic) bond motifs is 1. The van der Waals surface area contributed by atoms with E-state index in [1.807, 2.05) is 24.3 Å². The molecular weight excluding hydrogens is 445 g/mol. The molecule has 5 nitrogen and oxygen atoms in total. The number of benzene rings is 3. The highest BCUT2D eigenvalue weighted by Crippen LogP contribution is 2.29. The predicted molar refractivity (Wildman–Crippen MR) is 123 cm³/mol. The molecular formula is C26H21F3N2O3. The average molecular weight is 466 g/mol. The number of carbonyl (C=O) groups excluding carboxylic acids is 1. The molecule has 0 saturated heterocycles.